The van der Waals surface area contributed by atoms with Gasteiger partial charge < -0.3 is 10.4 Å². The fraction of sp³-hybridized carbons (Fsp3) is 0.333. The van der Waals surface area contributed by atoms with Crippen LogP contribution in [0.25, 0.3) is 0 Å². The van der Waals surface area contributed by atoms with Gasteiger partial charge in [0.2, 0.25) is 0 Å². The highest BCUT2D eigenvalue weighted by atomic mass is 35.5. The molecule has 0 heterocycles. The molecule has 0 unspecified atom stereocenters. The molecular formula is C9H11ClFNO. The summed E-state index contributed by atoms with van der Waals surface area (Å²) in [5, 5.41) is 11.6. The number of hydrogen-bond acceptors (Lipinski definition) is 2. The normalized spacial score (nSPS) is 10.1. The molecular weight excluding hydrogens is 193 g/mol. The van der Waals surface area contributed by atoms with Gasteiger partial charge in [0.25, 0.3) is 0 Å². The van der Waals surface area contributed by atoms with Crippen molar-refractivity contribution in [3.8, 4) is 0 Å². The molecule has 0 atom stereocenters. The van der Waals surface area contributed by atoms with Gasteiger partial charge in [0.15, 0.2) is 0 Å². The second-order valence-corrected chi connectivity index (χ2v) is 3.04. The lowest BCUT2D eigenvalue weighted by Gasteiger charge is -2.05. The Balaban J connectivity index is 2.53. The third-order valence-electron chi connectivity index (χ3n) is 1.58. The summed E-state index contributed by atoms with van der Waals surface area (Å²) >= 11 is 5.50. The summed E-state index contributed by atoms with van der Waals surface area (Å²) in [6, 6.07) is 4.53. The summed E-state index contributed by atoms with van der Waals surface area (Å²) < 4.78 is 12.9. The van der Waals surface area contributed by atoms with Crippen LogP contribution in [0.2, 0.25) is 5.02 Å². The maximum absolute atomic E-state index is 12.9. The van der Waals surface area contributed by atoms with E-state index in [4.69, 9.17) is 16.7 Å². The van der Waals surface area contributed by atoms with Crippen molar-refractivity contribution in [2.75, 3.05) is 18.5 Å². The Morgan fingerprint density at radius 2 is 2.23 bits per heavy atom. The third kappa shape index (κ3) is 3.20. The van der Waals surface area contributed by atoms with Crippen LogP contribution in [-0.2, 0) is 0 Å². The Morgan fingerprint density at radius 3 is 2.85 bits per heavy atom. The van der Waals surface area contributed by atoms with E-state index >= 15 is 0 Å². The van der Waals surface area contributed by atoms with E-state index in [0.717, 1.165) is 0 Å². The van der Waals surface area contributed by atoms with Crippen molar-refractivity contribution < 1.29 is 9.50 Å². The van der Waals surface area contributed by atoms with Gasteiger partial charge in [-0.2, -0.15) is 0 Å². The van der Waals surface area contributed by atoms with Crippen molar-refractivity contribution in [2.24, 2.45) is 0 Å². The van der Waals surface area contributed by atoms with Crippen LogP contribution < -0.4 is 5.32 Å². The lowest BCUT2D eigenvalue weighted by atomic mass is 10.3. The third-order valence-corrected chi connectivity index (χ3v) is 1.89. The average Bonchev–Trinajstić information content (AvgIpc) is 2.12. The standard InChI is InChI=1S/C9H11ClFNO/c10-8-3-2-7(6-9(8)11)12-4-1-5-13/h2-3,6,12-13H,1,4-5H2. The lowest BCUT2D eigenvalue weighted by molar-refractivity contribution is 0.292. The topological polar surface area (TPSA) is 32.3 Å². The molecule has 0 aromatic heterocycles. The van der Waals surface area contributed by atoms with E-state index in [0.29, 0.717) is 18.7 Å². The van der Waals surface area contributed by atoms with Gasteiger partial charge in [-0.15, -0.1) is 0 Å². The molecule has 1 aromatic rings. The summed E-state index contributed by atoms with van der Waals surface area (Å²) in [5.41, 5.74) is 0.676. The van der Waals surface area contributed by atoms with Gasteiger partial charge in [0, 0.05) is 18.8 Å². The fourth-order valence-electron chi connectivity index (χ4n) is 0.918. The molecule has 2 nitrogen and oxygen atoms in total. The molecule has 1 aromatic carbocycles. The van der Waals surface area contributed by atoms with Gasteiger partial charge >= 0.3 is 0 Å². The molecule has 0 radical (unpaired) electrons. The van der Waals surface area contributed by atoms with Crippen LogP contribution in [-0.4, -0.2) is 18.3 Å². The Morgan fingerprint density at radius 1 is 1.46 bits per heavy atom. The number of benzene rings is 1. The second-order valence-electron chi connectivity index (χ2n) is 2.63. The maximum Gasteiger partial charge on any atom is 0.143 e. The minimum atomic E-state index is -0.435. The highest BCUT2D eigenvalue weighted by molar-refractivity contribution is 6.30. The van der Waals surface area contributed by atoms with Crippen LogP contribution >= 0.6 is 11.6 Å². The largest absolute Gasteiger partial charge is 0.396 e. The molecule has 0 amide bonds. The van der Waals surface area contributed by atoms with E-state index in [9.17, 15) is 4.39 Å². The molecule has 0 saturated heterocycles. The smallest absolute Gasteiger partial charge is 0.143 e. The van der Waals surface area contributed by atoms with Crippen molar-refractivity contribution >= 4 is 17.3 Å². The highest BCUT2D eigenvalue weighted by Crippen LogP contribution is 2.18. The van der Waals surface area contributed by atoms with Gasteiger partial charge in [-0.25, -0.2) is 4.39 Å². The molecule has 72 valence electrons. The van der Waals surface area contributed by atoms with Gasteiger partial charge in [0.05, 0.1) is 5.02 Å². The second kappa shape index (κ2) is 5.04. The molecule has 0 spiro atoms. The monoisotopic (exact) mass is 203 g/mol. The van der Waals surface area contributed by atoms with E-state index in [-0.39, 0.29) is 11.6 Å². The summed E-state index contributed by atoms with van der Waals surface area (Å²) in [6.07, 6.45) is 0.643. The number of aliphatic hydroxyl groups excluding tert-OH is 1. The molecule has 4 heteroatoms. The highest BCUT2D eigenvalue weighted by Gasteiger charge is 1.99. The fourth-order valence-corrected chi connectivity index (χ4v) is 1.04. The number of aliphatic hydroxyl groups is 1. The maximum atomic E-state index is 12.9. The molecule has 0 saturated carbocycles. The van der Waals surface area contributed by atoms with Crippen molar-refractivity contribution in [2.45, 2.75) is 6.42 Å². The number of anilines is 1. The summed E-state index contributed by atoms with van der Waals surface area (Å²) in [6.45, 7) is 0.751. The molecule has 13 heavy (non-hydrogen) atoms. The van der Waals surface area contributed by atoms with Crippen molar-refractivity contribution in [1.82, 2.24) is 0 Å². The van der Waals surface area contributed by atoms with Crippen molar-refractivity contribution in [3.63, 3.8) is 0 Å². The zero-order valence-electron chi connectivity index (χ0n) is 7.06. The van der Waals surface area contributed by atoms with Gasteiger partial charge in [-0.05, 0) is 24.6 Å². The lowest BCUT2D eigenvalue weighted by Crippen LogP contribution is -2.03. The Hall–Kier alpha value is -0.800. The van der Waals surface area contributed by atoms with Crippen LogP contribution in [0.1, 0.15) is 6.42 Å². The average molecular weight is 204 g/mol. The van der Waals surface area contributed by atoms with E-state index in [1.54, 1.807) is 6.07 Å². The summed E-state index contributed by atoms with van der Waals surface area (Å²) in [4.78, 5) is 0. The Bertz CT molecular complexity index is 280. The predicted octanol–water partition coefficient (Wildman–Crippen LogP) is 2.27. The first kappa shape index (κ1) is 10.3. The van der Waals surface area contributed by atoms with E-state index in [1.807, 2.05) is 0 Å². The SMILES string of the molecule is OCCCNc1ccc(Cl)c(F)c1. The first-order valence-corrected chi connectivity index (χ1v) is 4.41. The zero-order chi connectivity index (χ0) is 9.68. The van der Waals surface area contributed by atoms with Gasteiger partial charge in [-0.1, -0.05) is 11.6 Å². The number of rotatable bonds is 4. The Kier molecular flexibility index (Phi) is 3.99. The van der Waals surface area contributed by atoms with E-state index < -0.39 is 5.82 Å². The number of halogens is 2. The van der Waals surface area contributed by atoms with Gasteiger partial charge in [0.1, 0.15) is 5.82 Å². The van der Waals surface area contributed by atoms with Crippen LogP contribution in [0.5, 0.6) is 0 Å². The molecule has 2 N–H and O–H groups in total. The van der Waals surface area contributed by atoms with Crippen LogP contribution in [0.4, 0.5) is 10.1 Å². The van der Waals surface area contributed by atoms with Crippen molar-refractivity contribution in [3.05, 3.63) is 29.0 Å². The number of nitrogens with one attached hydrogen (secondary N) is 1. The first-order chi connectivity index (χ1) is 6.24. The quantitative estimate of drug-likeness (QED) is 0.736. The zero-order valence-corrected chi connectivity index (χ0v) is 7.81. The molecule has 0 aliphatic carbocycles. The molecule has 0 aliphatic rings. The van der Waals surface area contributed by atoms with Crippen LogP contribution in [0.3, 0.4) is 0 Å². The van der Waals surface area contributed by atoms with E-state index in [1.165, 1.54) is 12.1 Å². The number of hydrogen-bond donors (Lipinski definition) is 2. The summed E-state index contributed by atoms with van der Waals surface area (Å²) in [5.74, 6) is -0.435. The predicted molar refractivity (Wildman–Crippen MR) is 51.6 cm³/mol. The van der Waals surface area contributed by atoms with Crippen LogP contribution in [0, 0.1) is 5.82 Å². The minimum absolute atomic E-state index is 0.118. The minimum Gasteiger partial charge on any atom is -0.396 e. The van der Waals surface area contributed by atoms with Crippen molar-refractivity contribution in [1.29, 1.82) is 0 Å². The molecule has 0 bridgehead atoms. The Labute approximate surface area is 81.3 Å². The van der Waals surface area contributed by atoms with E-state index in [2.05, 4.69) is 5.32 Å². The van der Waals surface area contributed by atoms with Crippen LogP contribution in [0.15, 0.2) is 18.2 Å². The summed E-state index contributed by atoms with van der Waals surface area (Å²) in [7, 11) is 0. The first-order valence-electron chi connectivity index (χ1n) is 4.04. The van der Waals surface area contributed by atoms with Gasteiger partial charge in [-0.3, -0.25) is 0 Å². The molecule has 0 aliphatic heterocycles. The molecule has 1 rings (SSSR count). The molecule has 0 fully saturated rings.